The van der Waals surface area contributed by atoms with E-state index in [-0.39, 0.29) is 19.0 Å². The van der Waals surface area contributed by atoms with E-state index in [1.807, 2.05) is 12.1 Å². The van der Waals surface area contributed by atoms with E-state index in [1.165, 1.54) is 0 Å². The van der Waals surface area contributed by atoms with Gasteiger partial charge in [0.1, 0.15) is 0 Å². The van der Waals surface area contributed by atoms with Crippen LogP contribution in [0.2, 0.25) is 0 Å². The molecule has 5 nitrogen and oxygen atoms in total. The Morgan fingerprint density at radius 2 is 1.72 bits per heavy atom. The highest BCUT2D eigenvalue weighted by atomic mass is 35.5. The van der Waals surface area contributed by atoms with Crippen LogP contribution in [-0.4, -0.2) is 49.3 Å². The Kier molecular flexibility index (Phi) is 5.86. The van der Waals surface area contributed by atoms with Crippen molar-refractivity contribution in [3.05, 3.63) is 29.2 Å². The summed E-state index contributed by atoms with van der Waals surface area (Å²) in [6.45, 7) is 4.88. The lowest BCUT2D eigenvalue weighted by Crippen LogP contribution is -3.00. The molecule has 98 valence electrons. The number of β-amino-alcohol motifs (C(OH)–C–C–N with tert-alkyl or cyclic N) is 1. The molecular weight excluding hydrogens is 252 g/mol. The molecule has 0 amide bonds. The van der Waals surface area contributed by atoms with Crippen molar-refractivity contribution in [3.63, 3.8) is 0 Å². The number of nitrogens with zero attached hydrogens (tertiary/aromatic N) is 4. The molecule has 1 heterocycles. The summed E-state index contributed by atoms with van der Waals surface area (Å²) in [6.07, 6.45) is 0. The maximum Gasteiger partial charge on any atom is 0.385 e. The fraction of sp³-hybridized carbons (Fsp3) is 0.500. The van der Waals surface area contributed by atoms with Gasteiger partial charge in [0.25, 0.3) is 0 Å². The minimum atomic E-state index is 0. The van der Waals surface area contributed by atoms with Crippen LogP contribution >= 0.6 is 0 Å². The third-order valence-corrected chi connectivity index (χ3v) is 3.12. The number of hydrogen-bond donors (Lipinski definition) is 1. The lowest BCUT2D eigenvalue weighted by molar-refractivity contribution is -0.00000482. The fourth-order valence-electron chi connectivity index (χ4n) is 2.10. The van der Waals surface area contributed by atoms with E-state index in [4.69, 9.17) is 10.5 Å². The van der Waals surface area contributed by atoms with Crippen LogP contribution in [0.1, 0.15) is 0 Å². The molecule has 0 aromatic heterocycles. The number of benzene rings is 1. The highest BCUT2D eigenvalue weighted by Crippen LogP contribution is 2.20. The second kappa shape index (κ2) is 7.17. The average Bonchev–Trinajstić information content (AvgIpc) is 2.40. The first kappa shape index (κ1) is 14.7. The van der Waals surface area contributed by atoms with Gasteiger partial charge in [-0.05, 0) is 12.1 Å². The van der Waals surface area contributed by atoms with Crippen LogP contribution in [0, 0.1) is 5.39 Å². The first-order valence-corrected chi connectivity index (χ1v) is 5.87. The minimum absolute atomic E-state index is 0. The molecule has 1 aliphatic rings. The predicted molar refractivity (Wildman–Crippen MR) is 66.9 cm³/mol. The Labute approximate surface area is 113 Å². The molecule has 0 atom stereocenters. The van der Waals surface area contributed by atoms with Crippen molar-refractivity contribution in [3.8, 4) is 0 Å². The Bertz CT molecular complexity index is 396. The SMILES string of the molecule is N#[N+]c1ccc(N2CCN(CCO)CC2)cc1.[Cl-]. The van der Waals surface area contributed by atoms with Crippen LogP contribution < -0.4 is 17.3 Å². The van der Waals surface area contributed by atoms with Gasteiger partial charge in [-0.3, -0.25) is 4.90 Å². The van der Waals surface area contributed by atoms with E-state index in [1.54, 1.807) is 12.1 Å². The summed E-state index contributed by atoms with van der Waals surface area (Å²) >= 11 is 0. The van der Waals surface area contributed by atoms with Gasteiger partial charge >= 0.3 is 5.69 Å². The highest BCUT2D eigenvalue weighted by molar-refractivity contribution is 5.55. The van der Waals surface area contributed by atoms with Gasteiger partial charge < -0.3 is 22.4 Å². The number of hydrogen-bond acceptors (Lipinski definition) is 4. The zero-order valence-electron chi connectivity index (χ0n) is 10.2. The third-order valence-electron chi connectivity index (χ3n) is 3.12. The van der Waals surface area contributed by atoms with E-state index in [0.29, 0.717) is 5.69 Å². The number of rotatable bonds is 3. The van der Waals surface area contributed by atoms with Gasteiger partial charge in [0.15, 0.2) is 4.98 Å². The molecule has 2 rings (SSSR count). The molecule has 1 saturated heterocycles. The van der Waals surface area contributed by atoms with Gasteiger partial charge in [-0.2, -0.15) is 0 Å². The molecule has 0 unspecified atom stereocenters. The largest absolute Gasteiger partial charge is 1.00 e. The van der Waals surface area contributed by atoms with E-state index in [9.17, 15) is 0 Å². The van der Waals surface area contributed by atoms with Crippen LogP contribution in [0.15, 0.2) is 24.3 Å². The lowest BCUT2D eigenvalue weighted by Gasteiger charge is -2.35. The van der Waals surface area contributed by atoms with Crippen molar-refractivity contribution in [1.29, 1.82) is 5.39 Å². The normalized spacial score (nSPS) is 15.9. The van der Waals surface area contributed by atoms with Crippen LogP contribution in [0.3, 0.4) is 0 Å². The topological polar surface area (TPSA) is 54.9 Å². The molecule has 0 spiro atoms. The fourth-order valence-corrected chi connectivity index (χ4v) is 2.10. The summed E-state index contributed by atoms with van der Waals surface area (Å²) in [5, 5.41) is 17.5. The average molecular weight is 269 g/mol. The molecule has 1 N–H and O–H groups in total. The van der Waals surface area contributed by atoms with Gasteiger partial charge in [-0.1, -0.05) is 0 Å². The summed E-state index contributed by atoms with van der Waals surface area (Å²) < 4.78 is 0. The van der Waals surface area contributed by atoms with E-state index in [0.717, 1.165) is 38.4 Å². The van der Waals surface area contributed by atoms with Crippen molar-refractivity contribution < 1.29 is 17.5 Å². The smallest absolute Gasteiger partial charge is 0.385 e. The van der Waals surface area contributed by atoms with E-state index in [2.05, 4.69) is 14.8 Å². The van der Waals surface area contributed by atoms with Crippen molar-refractivity contribution in [1.82, 2.24) is 4.90 Å². The summed E-state index contributed by atoms with van der Waals surface area (Å²) in [5.74, 6) is 0. The zero-order valence-corrected chi connectivity index (χ0v) is 10.9. The molecule has 0 saturated carbocycles. The lowest BCUT2D eigenvalue weighted by atomic mass is 10.2. The van der Waals surface area contributed by atoms with Crippen molar-refractivity contribution >= 4 is 11.4 Å². The highest BCUT2D eigenvalue weighted by Gasteiger charge is 2.17. The molecule has 18 heavy (non-hydrogen) atoms. The summed E-state index contributed by atoms with van der Waals surface area (Å²) in [4.78, 5) is 7.70. The summed E-state index contributed by atoms with van der Waals surface area (Å²) in [7, 11) is 0. The number of piperazine rings is 1. The first-order chi connectivity index (χ1) is 8.33. The van der Waals surface area contributed by atoms with E-state index >= 15 is 0 Å². The quantitative estimate of drug-likeness (QED) is 0.664. The maximum absolute atomic E-state index is 8.87. The van der Waals surface area contributed by atoms with Gasteiger partial charge in [-0.25, -0.2) is 0 Å². The molecule has 0 aliphatic carbocycles. The Hall–Kier alpha value is -1.35. The monoisotopic (exact) mass is 268 g/mol. The van der Waals surface area contributed by atoms with Crippen molar-refractivity contribution in [2.45, 2.75) is 0 Å². The molecule has 0 radical (unpaired) electrons. The van der Waals surface area contributed by atoms with Crippen LogP contribution in [0.4, 0.5) is 11.4 Å². The molecule has 0 bridgehead atoms. The molecule has 6 heteroatoms. The molecule has 1 aliphatic heterocycles. The maximum atomic E-state index is 8.87. The van der Waals surface area contributed by atoms with Gasteiger partial charge in [-0.15, -0.1) is 0 Å². The predicted octanol–water partition coefficient (Wildman–Crippen LogP) is -1.71. The van der Waals surface area contributed by atoms with Crippen molar-refractivity contribution in [2.75, 3.05) is 44.2 Å². The molecule has 1 fully saturated rings. The second-order valence-corrected chi connectivity index (χ2v) is 4.17. The summed E-state index contributed by atoms with van der Waals surface area (Å²) in [5.41, 5.74) is 1.73. The first-order valence-electron chi connectivity index (χ1n) is 5.87. The van der Waals surface area contributed by atoms with Crippen LogP contribution in [0.5, 0.6) is 0 Å². The molecular formula is C12H17ClN4O. The van der Waals surface area contributed by atoms with Crippen LogP contribution in [-0.2, 0) is 0 Å². The number of diazo groups is 1. The van der Waals surface area contributed by atoms with Gasteiger partial charge in [0, 0.05) is 50.5 Å². The standard InChI is InChI=1S/C12H17N4O.ClH/c13-14-11-1-3-12(4-2-11)16-7-5-15(6-8-16)9-10-17;/h1-4,17H,5-10H2;1H/q+1;/p-1. The van der Waals surface area contributed by atoms with Gasteiger partial charge in [0.05, 0.1) is 6.61 Å². The summed E-state index contributed by atoms with van der Waals surface area (Å²) in [6, 6.07) is 7.54. The van der Waals surface area contributed by atoms with E-state index < -0.39 is 0 Å². The van der Waals surface area contributed by atoms with Crippen molar-refractivity contribution in [2.24, 2.45) is 0 Å². The molecule has 1 aromatic rings. The molecule has 1 aromatic carbocycles. The zero-order chi connectivity index (χ0) is 12.1. The Balaban J connectivity index is 0.00000162. The number of anilines is 1. The second-order valence-electron chi connectivity index (χ2n) is 4.17. The number of halogens is 1. The van der Waals surface area contributed by atoms with Gasteiger partial charge in [0.2, 0.25) is 5.39 Å². The number of aliphatic hydroxyl groups excluding tert-OH is 1. The Morgan fingerprint density at radius 3 is 2.22 bits per heavy atom. The minimum Gasteiger partial charge on any atom is -1.00 e. The third kappa shape index (κ3) is 3.57. The Morgan fingerprint density at radius 1 is 1.11 bits per heavy atom. The number of aliphatic hydroxyl groups is 1. The van der Waals surface area contributed by atoms with Crippen LogP contribution in [0.25, 0.3) is 4.98 Å².